The molecule has 1 heterocycles. The van der Waals surface area contributed by atoms with E-state index in [-0.39, 0.29) is 16.8 Å². The number of hydrogen-bond donors (Lipinski definition) is 1. The Labute approximate surface area is 192 Å². The van der Waals surface area contributed by atoms with E-state index in [9.17, 15) is 13.2 Å². The third kappa shape index (κ3) is 6.03. The number of anilines is 2. The van der Waals surface area contributed by atoms with E-state index in [1.165, 1.54) is 0 Å². The van der Waals surface area contributed by atoms with Crippen LogP contribution in [0.3, 0.4) is 0 Å². The van der Waals surface area contributed by atoms with Crippen molar-refractivity contribution in [2.24, 2.45) is 5.92 Å². The van der Waals surface area contributed by atoms with E-state index < -0.39 is 15.6 Å². The molecular formula is C25H34N2O4S. The summed E-state index contributed by atoms with van der Waals surface area (Å²) in [7, 11) is -3.71. The van der Waals surface area contributed by atoms with Crippen molar-refractivity contribution in [1.29, 1.82) is 0 Å². The summed E-state index contributed by atoms with van der Waals surface area (Å²) in [6.45, 7) is 11.1. The minimum absolute atomic E-state index is 0.131. The van der Waals surface area contributed by atoms with E-state index in [4.69, 9.17) is 4.74 Å². The Hall–Kier alpha value is -2.54. The summed E-state index contributed by atoms with van der Waals surface area (Å²) in [4.78, 5) is 14.8. The van der Waals surface area contributed by atoms with E-state index in [0.29, 0.717) is 37.5 Å². The summed E-state index contributed by atoms with van der Waals surface area (Å²) in [6.07, 6.45) is 1.35. The van der Waals surface area contributed by atoms with Gasteiger partial charge in [-0.2, -0.15) is 0 Å². The number of carbonyl (C=O) groups is 1. The van der Waals surface area contributed by atoms with Crippen molar-refractivity contribution in [3.05, 3.63) is 54.1 Å². The molecule has 6 nitrogen and oxygen atoms in total. The summed E-state index contributed by atoms with van der Waals surface area (Å²) in [5.41, 5.74) is 1.96. The average molecular weight is 459 g/mol. The lowest BCUT2D eigenvalue weighted by molar-refractivity contribution is -0.160. The molecule has 1 fully saturated rings. The molecule has 1 aliphatic heterocycles. The van der Waals surface area contributed by atoms with Gasteiger partial charge in [0.25, 0.3) is 10.0 Å². The van der Waals surface area contributed by atoms with Crippen LogP contribution in [0.5, 0.6) is 0 Å². The van der Waals surface area contributed by atoms with Crippen LogP contribution in [0.2, 0.25) is 0 Å². The predicted molar refractivity (Wildman–Crippen MR) is 129 cm³/mol. The SMILES string of the molecule is CC(C)c1ccc(S(=O)(=O)Nc2ccccc2N2CCC(C(=O)OC(C)(C)C)CC2)cc1. The molecule has 2 aromatic carbocycles. The molecule has 1 N–H and O–H groups in total. The molecule has 1 saturated heterocycles. The van der Waals surface area contributed by atoms with Crippen molar-refractivity contribution < 1.29 is 17.9 Å². The summed E-state index contributed by atoms with van der Waals surface area (Å²) in [5.74, 6) is 0.0498. The van der Waals surface area contributed by atoms with Crippen molar-refractivity contribution in [1.82, 2.24) is 0 Å². The first kappa shape index (κ1) is 24.1. The smallest absolute Gasteiger partial charge is 0.309 e. The molecule has 2 aromatic rings. The minimum Gasteiger partial charge on any atom is -0.460 e. The molecule has 3 rings (SSSR count). The maximum atomic E-state index is 13.0. The summed E-state index contributed by atoms with van der Waals surface area (Å²) < 4.78 is 34.3. The number of benzene rings is 2. The number of ether oxygens (including phenoxy) is 1. The van der Waals surface area contributed by atoms with Gasteiger partial charge in [-0.1, -0.05) is 38.1 Å². The fraction of sp³-hybridized carbons (Fsp3) is 0.480. The zero-order chi connectivity index (χ0) is 23.5. The van der Waals surface area contributed by atoms with Gasteiger partial charge in [0.15, 0.2) is 0 Å². The van der Waals surface area contributed by atoms with Crippen LogP contribution in [-0.4, -0.2) is 33.1 Å². The highest BCUT2D eigenvalue weighted by atomic mass is 32.2. The fourth-order valence-electron chi connectivity index (χ4n) is 3.81. The summed E-state index contributed by atoms with van der Waals surface area (Å²) in [5, 5.41) is 0. The predicted octanol–water partition coefficient (Wildman–Crippen LogP) is 5.17. The lowest BCUT2D eigenvalue weighted by atomic mass is 9.96. The van der Waals surface area contributed by atoms with E-state index >= 15 is 0 Å². The van der Waals surface area contributed by atoms with Crippen LogP contribution in [0.25, 0.3) is 0 Å². The fourth-order valence-corrected chi connectivity index (χ4v) is 4.89. The first-order chi connectivity index (χ1) is 15.0. The Kier molecular flexibility index (Phi) is 7.18. The number of para-hydroxylation sites is 2. The molecule has 0 atom stereocenters. The molecule has 0 aliphatic carbocycles. The zero-order valence-electron chi connectivity index (χ0n) is 19.6. The van der Waals surface area contributed by atoms with Gasteiger partial charge in [-0.05, 0) is 69.4 Å². The second-order valence-corrected chi connectivity index (χ2v) is 11.3. The molecule has 0 amide bonds. The van der Waals surface area contributed by atoms with E-state index in [1.54, 1.807) is 18.2 Å². The van der Waals surface area contributed by atoms with Crippen LogP contribution in [0.15, 0.2) is 53.4 Å². The quantitative estimate of drug-likeness (QED) is 0.605. The lowest BCUT2D eigenvalue weighted by Crippen LogP contribution is -2.39. The molecular weight excluding hydrogens is 424 g/mol. The number of carbonyl (C=O) groups excluding carboxylic acids is 1. The van der Waals surface area contributed by atoms with Gasteiger partial charge in [-0.15, -0.1) is 0 Å². The van der Waals surface area contributed by atoms with Crippen LogP contribution in [0.1, 0.15) is 58.9 Å². The Balaban J connectivity index is 1.72. The highest BCUT2D eigenvalue weighted by Gasteiger charge is 2.30. The number of hydrogen-bond acceptors (Lipinski definition) is 5. The van der Waals surface area contributed by atoms with Crippen molar-refractivity contribution in [2.75, 3.05) is 22.7 Å². The topological polar surface area (TPSA) is 75.7 Å². The number of esters is 1. The summed E-state index contributed by atoms with van der Waals surface area (Å²) in [6, 6.07) is 14.4. The van der Waals surface area contributed by atoms with Gasteiger partial charge in [0.05, 0.1) is 22.2 Å². The van der Waals surface area contributed by atoms with Crippen LogP contribution in [-0.2, 0) is 19.6 Å². The Bertz CT molecular complexity index is 1030. The molecule has 32 heavy (non-hydrogen) atoms. The van der Waals surface area contributed by atoms with Crippen LogP contribution in [0, 0.1) is 5.92 Å². The van der Waals surface area contributed by atoms with E-state index in [0.717, 1.165) is 11.3 Å². The molecule has 0 radical (unpaired) electrons. The second kappa shape index (κ2) is 9.53. The number of sulfonamides is 1. The molecule has 0 saturated carbocycles. The van der Waals surface area contributed by atoms with Gasteiger partial charge >= 0.3 is 5.97 Å². The third-order valence-corrected chi connectivity index (χ3v) is 6.96. The van der Waals surface area contributed by atoms with Crippen LogP contribution >= 0.6 is 0 Å². The lowest BCUT2D eigenvalue weighted by Gasteiger charge is -2.34. The van der Waals surface area contributed by atoms with Gasteiger partial charge in [0, 0.05) is 13.1 Å². The molecule has 174 valence electrons. The maximum Gasteiger partial charge on any atom is 0.309 e. The Morgan fingerprint density at radius 3 is 2.19 bits per heavy atom. The first-order valence-electron chi connectivity index (χ1n) is 11.2. The molecule has 0 bridgehead atoms. The van der Waals surface area contributed by atoms with E-state index in [2.05, 4.69) is 23.5 Å². The monoisotopic (exact) mass is 458 g/mol. The summed E-state index contributed by atoms with van der Waals surface area (Å²) >= 11 is 0. The Morgan fingerprint density at radius 1 is 1.03 bits per heavy atom. The van der Waals surface area contributed by atoms with Crippen LogP contribution < -0.4 is 9.62 Å². The van der Waals surface area contributed by atoms with Gasteiger partial charge in [0.2, 0.25) is 0 Å². The highest BCUT2D eigenvalue weighted by Crippen LogP contribution is 2.32. The largest absolute Gasteiger partial charge is 0.460 e. The number of piperidine rings is 1. The van der Waals surface area contributed by atoms with Crippen molar-refractivity contribution in [3.63, 3.8) is 0 Å². The average Bonchev–Trinajstić information content (AvgIpc) is 2.73. The first-order valence-corrected chi connectivity index (χ1v) is 12.6. The number of nitrogens with one attached hydrogen (secondary N) is 1. The van der Waals surface area contributed by atoms with Gasteiger partial charge in [-0.25, -0.2) is 8.42 Å². The highest BCUT2D eigenvalue weighted by molar-refractivity contribution is 7.92. The van der Waals surface area contributed by atoms with Crippen molar-refractivity contribution >= 4 is 27.4 Å². The van der Waals surface area contributed by atoms with Gasteiger partial charge in [-0.3, -0.25) is 9.52 Å². The molecule has 0 aromatic heterocycles. The normalized spacial score (nSPS) is 15.6. The zero-order valence-corrected chi connectivity index (χ0v) is 20.4. The molecule has 0 unspecified atom stereocenters. The second-order valence-electron chi connectivity index (χ2n) is 9.64. The molecule has 1 aliphatic rings. The van der Waals surface area contributed by atoms with Gasteiger partial charge < -0.3 is 9.64 Å². The van der Waals surface area contributed by atoms with Crippen LogP contribution in [0.4, 0.5) is 11.4 Å². The standard InChI is InChI=1S/C25H34N2O4S/c1-18(2)19-10-12-21(13-11-19)32(29,30)26-22-8-6-7-9-23(22)27-16-14-20(15-17-27)24(28)31-25(3,4)5/h6-13,18,20,26H,14-17H2,1-5H3. The van der Waals surface area contributed by atoms with E-state index in [1.807, 2.05) is 51.1 Å². The molecule has 7 heteroatoms. The Morgan fingerprint density at radius 2 is 1.62 bits per heavy atom. The van der Waals surface area contributed by atoms with Crippen molar-refractivity contribution in [3.8, 4) is 0 Å². The van der Waals surface area contributed by atoms with Gasteiger partial charge in [0.1, 0.15) is 5.60 Å². The number of rotatable bonds is 6. The van der Waals surface area contributed by atoms with Crippen molar-refractivity contribution in [2.45, 2.75) is 63.9 Å². The maximum absolute atomic E-state index is 13.0. The molecule has 0 spiro atoms. The number of nitrogens with zero attached hydrogens (tertiary/aromatic N) is 1. The third-order valence-electron chi connectivity index (χ3n) is 5.58. The minimum atomic E-state index is -3.71.